The van der Waals surface area contributed by atoms with Crippen molar-refractivity contribution in [2.75, 3.05) is 18.4 Å². The lowest BCUT2D eigenvalue weighted by Gasteiger charge is -2.28. The van der Waals surface area contributed by atoms with Gasteiger partial charge in [-0.15, -0.1) is 0 Å². The quantitative estimate of drug-likeness (QED) is 0.204. The molecular weight excluding hydrogens is 602 g/mol. The minimum Gasteiger partial charge on any atom is -0.340 e. The Bertz CT molecular complexity index is 1800. The molecule has 1 unspecified atom stereocenters. The largest absolute Gasteiger partial charge is 0.340 e. The number of aromatic nitrogens is 4. The van der Waals surface area contributed by atoms with Crippen molar-refractivity contribution in [1.29, 1.82) is 0 Å². The van der Waals surface area contributed by atoms with Crippen molar-refractivity contribution < 1.29 is 14.4 Å². The van der Waals surface area contributed by atoms with Crippen LogP contribution in [0.3, 0.4) is 0 Å². The summed E-state index contributed by atoms with van der Waals surface area (Å²) >= 11 is 0. The summed E-state index contributed by atoms with van der Waals surface area (Å²) in [6, 6.07) is 12.0. The Morgan fingerprint density at radius 1 is 0.729 bits per heavy atom. The van der Waals surface area contributed by atoms with Gasteiger partial charge in [-0.25, -0.2) is 15.0 Å². The number of benzene rings is 2. The van der Waals surface area contributed by atoms with Gasteiger partial charge in [0.25, 0.3) is 0 Å². The molecule has 10 nitrogen and oxygen atoms in total. The van der Waals surface area contributed by atoms with Crippen LogP contribution >= 0.6 is 0 Å². The first-order chi connectivity index (χ1) is 23.0. The van der Waals surface area contributed by atoms with Gasteiger partial charge in [0.1, 0.15) is 11.9 Å². The van der Waals surface area contributed by atoms with Crippen molar-refractivity contribution in [3.8, 4) is 22.4 Å². The van der Waals surface area contributed by atoms with Gasteiger partial charge in [0, 0.05) is 48.4 Å². The van der Waals surface area contributed by atoms with E-state index in [0.717, 1.165) is 64.8 Å². The second-order valence-electron chi connectivity index (χ2n) is 14.2. The number of anilines is 1. The Kier molecular flexibility index (Phi) is 9.62. The maximum atomic E-state index is 13.1. The van der Waals surface area contributed by atoms with Gasteiger partial charge in [0.05, 0.1) is 17.9 Å². The number of amides is 3. The highest BCUT2D eigenvalue weighted by Gasteiger charge is 2.37. The molecule has 2 saturated heterocycles. The maximum Gasteiger partial charge on any atom is 0.249 e. The van der Waals surface area contributed by atoms with Crippen molar-refractivity contribution >= 4 is 34.4 Å². The standard InChI is InChI=1S/C38H47N7O3/c1-22(2)24(5)36(47)44-15-7-9-32(44)34-39-21-31(42-34)29-14-13-26-17-28(12-11-27(26)18-29)30-19-40-38(41-20-30)43-35(46)33-10-8-16-45(33)37(48)25(6)23(3)4/h11-14,17-25,32-33H,7-10,15-16H2,1-6H3,(H,39,42)(H,40,41,43,46)/t24-,25-,32-,33?/m0/s1. The third-order valence-corrected chi connectivity index (χ3v) is 10.4. The lowest BCUT2D eigenvalue weighted by atomic mass is 9.96. The molecule has 2 fully saturated rings. The van der Waals surface area contributed by atoms with E-state index >= 15 is 0 Å². The third kappa shape index (κ3) is 6.70. The molecule has 48 heavy (non-hydrogen) atoms. The monoisotopic (exact) mass is 649 g/mol. The highest BCUT2D eigenvalue weighted by atomic mass is 16.2. The summed E-state index contributed by atoms with van der Waals surface area (Å²) in [4.78, 5) is 60.0. The van der Waals surface area contributed by atoms with E-state index in [1.165, 1.54) is 0 Å². The molecule has 3 amide bonds. The molecule has 10 heteroatoms. The molecule has 6 rings (SSSR count). The fraction of sp³-hybridized carbons (Fsp3) is 0.474. The molecule has 0 saturated carbocycles. The van der Waals surface area contributed by atoms with Crippen LogP contribution in [0.1, 0.15) is 79.1 Å². The minimum atomic E-state index is -0.499. The Balaban J connectivity index is 1.12. The van der Waals surface area contributed by atoms with Crippen LogP contribution < -0.4 is 5.32 Å². The summed E-state index contributed by atoms with van der Waals surface area (Å²) in [6.07, 6.45) is 8.63. The predicted octanol–water partition coefficient (Wildman–Crippen LogP) is 6.86. The fourth-order valence-electron chi connectivity index (χ4n) is 6.69. The molecule has 4 heterocycles. The van der Waals surface area contributed by atoms with Crippen molar-refractivity contribution in [2.24, 2.45) is 23.7 Å². The van der Waals surface area contributed by atoms with Gasteiger partial charge in [-0.1, -0.05) is 65.8 Å². The molecule has 2 aliphatic rings. The second kappa shape index (κ2) is 13.9. The molecule has 4 atom stereocenters. The van der Waals surface area contributed by atoms with E-state index in [0.29, 0.717) is 18.9 Å². The molecular formula is C38H47N7O3. The number of nitrogens with one attached hydrogen (secondary N) is 2. The molecule has 4 aromatic rings. The summed E-state index contributed by atoms with van der Waals surface area (Å²) in [5, 5.41) is 4.98. The van der Waals surface area contributed by atoms with Crippen LogP contribution in [0.25, 0.3) is 33.2 Å². The van der Waals surface area contributed by atoms with Crippen LogP contribution in [0.15, 0.2) is 55.0 Å². The topological polar surface area (TPSA) is 124 Å². The molecule has 2 aromatic heterocycles. The van der Waals surface area contributed by atoms with Crippen LogP contribution in [-0.4, -0.2) is 66.6 Å². The molecule has 0 radical (unpaired) electrons. The normalized spacial score (nSPS) is 19.3. The summed E-state index contributed by atoms with van der Waals surface area (Å²) in [6.45, 7) is 13.5. The van der Waals surface area contributed by atoms with Crippen molar-refractivity contribution in [2.45, 2.75) is 79.3 Å². The van der Waals surface area contributed by atoms with Gasteiger partial charge in [-0.2, -0.15) is 0 Å². The highest BCUT2D eigenvalue weighted by Crippen LogP contribution is 2.34. The lowest BCUT2D eigenvalue weighted by molar-refractivity contribution is -0.140. The van der Waals surface area contributed by atoms with Crippen molar-refractivity contribution in [3.63, 3.8) is 0 Å². The summed E-state index contributed by atoms with van der Waals surface area (Å²) < 4.78 is 0. The van der Waals surface area contributed by atoms with Crippen LogP contribution in [0, 0.1) is 23.7 Å². The van der Waals surface area contributed by atoms with Gasteiger partial charge >= 0.3 is 0 Å². The number of carbonyl (C=O) groups is 3. The van der Waals surface area contributed by atoms with Crippen LogP contribution in [0.5, 0.6) is 0 Å². The summed E-state index contributed by atoms with van der Waals surface area (Å²) in [5.41, 5.74) is 3.76. The first-order valence-corrected chi connectivity index (χ1v) is 17.3. The number of rotatable bonds is 9. The van der Waals surface area contributed by atoms with Gasteiger partial charge < -0.3 is 14.8 Å². The fourth-order valence-corrected chi connectivity index (χ4v) is 6.69. The van der Waals surface area contributed by atoms with E-state index in [9.17, 15) is 14.4 Å². The number of nitrogens with zero attached hydrogens (tertiary/aromatic N) is 5. The van der Waals surface area contributed by atoms with E-state index in [1.807, 2.05) is 44.9 Å². The number of H-pyrrole nitrogens is 1. The Hall–Kier alpha value is -4.60. The maximum absolute atomic E-state index is 13.1. The number of carbonyl (C=O) groups excluding carboxylic acids is 3. The zero-order valence-electron chi connectivity index (χ0n) is 28.9. The van der Waals surface area contributed by atoms with Crippen LogP contribution in [0.2, 0.25) is 0 Å². The summed E-state index contributed by atoms with van der Waals surface area (Å²) in [5.74, 6) is 1.42. The number of imidazole rings is 1. The number of hydrogen-bond donors (Lipinski definition) is 2. The van der Waals surface area contributed by atoms with E-state index < -0.39 is 6.04 Å². The van der Waals surface area contributed by atoms with E-state index in [4.69, 9.17) is 4.98 Å². The van der Waals surface area contributed by atoms with Gasteiger partial charge in [0.15, 0.2) is 0 Å². The number of likely N-dealkylation sites (tertiary alicyclic amines) is 2. The first kappa shape index (κ1) is 33.3. The predicted molar refractivity (Wildman–Crippen MR) is 188 cm³/mol. The van der Waals surface area contributed by atoms with Gasteiger partial charge in [0.2, 0.25) is 23.7 Å². The average Bonchev–Trinajstić information content (AvgIpc) is 3.88. The van der Waals surface area contributed by atoms with E-state index in [2.05, 4.69) is 64.4 Å². The van der Waals surface area contributed by atoms with Crippen LogP contribution in [-0.2, 0) is 14.4 Å². The zero-order chi connectivity index (χ0) is 34.1. The molecule has 2 N–H and O–H groups in total. The number of fused-ring (bicyclic) bond motifs is 1. The summed E-state index contributed by atoms with van der Waals surface area (Å²) in [7, 11) is 0. The molecule has 0 spiro atoms. The molecule has 0 bridgehead atoms. The number of aromatic amines is 1. The Labute approximate surface area is 282 Å². The Morgan fingerprint density at radius 3 is 1.98 bits per heavy atom. The van der Waals surface area contributed by atoms with Crippen molar-refractivity contribution in [3.05, 3.63) is 60.8 Å². The zero-order valence-corrected chi connectivity index (χ0v) is 28.9. The van der Waals surface area contributed by atoms with Crippen molar-refractivity contribution in [1.82, 2.24) is 29.7 Å². The molecule has 0 aliphatic carbocycles. The minimum absolute atomic E-state index is 0.0136. The first-order valence-electron chi connectivity index (χ1n) is 17.3. The molecule has 2 aliphatic heterocycles. The van der Waals surface area contributed by atoms with E-state index in [1.54, 1.807) is 17.3 Å². The average molecular weight is 650 g/mol. The second-order valence-corrected chi connectivity index (χ2v) is 14.2. The van der Waals surface area contributed by atoms with E-state index in [-0.39, 0.29) is 47.5 Å². The third-order valence-electron chi connectivity index (χ3n) is 10.4. The van der Waals surface area contributed by atoms with Crippen LogP contribution in [0.4, 0.5) is 5.95 Å². The molecule has 2 aromatic carbocycles. The smallest absolute Gasteiger partial charge is 0.249 e. The van der Waals surface area contributed by atoms with Gasteiger partial charge in [-0.3, -0.25) is 19.7 Å². The van der Waals surface area contributed by atoms with Gasteiger partial charge in [-0.05, 0) is 66.0 Å². The Morgan fingerprint density at radius 2 is 1.31 bits per heavy atom. The highest BCUT2D eigenvalue weighted by molar-refractivity contribution is 5.97. The number of hydrogen-bond acceptors (Lipinski definition) is 6. The lowest BCUT2D eigenvalue weighted by Crippen LogP contribution is -2.46. The SMILES string of the molecule is CC(C)[C@H](C)C(=O)N1CCCC1C(=O)Nc1ncc(-c2ccc3cc(-c4cnc([C@@H]5CCCN5C(=O)[C@@H](C)C(C)C)[nH]4)ccc3c2)cn1. The molecule has 252 valence electrons.